The van der Waals surface area contributed by atoms with E-state index in [1.54, 1.807) is 0 Å². The lowest BCUT2D eigenvalue weighted by molar-refractivity contribution is 0.558. The molecule has 0 aromatic rings. The Morgan fingerprint density at radius 2 is 0.947 bits per heavy atom. The second-order valence-corrected chi connectivity index (χ2v) is 5.29. The van der Waals surface area contributed by atoms with Crippen molar-refractivity contribution in [1.29, 1.82) is 0 Å². The Morgan fingerprint density at radius 1 is 0.579 bits per heavy atom. The Labute approximate surface area is 129 Å². The molecule has 3 nitrogen and oxygen atoms in total. The Bertz CT molecular complexity index is 124. The van der Waals surface area contributed by atoms with E-state index in [9.17, 15) is 0 Å². The highest BCUT2D eigenvalue weighted by Crippen LogP contribution is 1.98. The normalized spacial score (nSPS) is 10.1. The molecule has 5 heteroatoms. The number of unbranched alkanes of at least 4 members (excludes halogenated alkanes) is 6. The molecule has 0 saturated carbocycles. The minimum Gasteiger partial charge on any atom is -0.330 e. The summed E-state index contributed by atoms with van der Waals surface area (Å²) in [5.41, 5.74) is 10.8. The lowest BCUT2D eigenvalue weighted by Crippen LogP contribution is -2.16. The molecule has 0 aliphatic heterocycles. The number of rotatable bonds is 13. The van der Waals surface area contributed by atoms with Gasteiger partial charge in [-0.05, 0) is 51.9 Å². The van der Waals surface area contributed by atoms with Crippen molar-refractivity contribution >= 4 is 23.2 Å². The van der Waals surface area contributed by atoms with E-state index in [2.05, 4.69) is 5.32 Å². The molecule has 0 bridgehead atoms. The van der Waals surface area contributed by atoms with Crippen LogP contribution in [-0.2, 0) is 0 Å². The zero-order valence-corrected chi connectivity index (χ0v) is 13.8. The van der Waals surface area contributed by atoms with Crippen LogP contribution in [0.15, 0.2) is 0 Å². The number of hydrogen-bond donors (Lipinski definition) is 3. The largest absolute Gasteiger partial charge is 0.330 e. The van der Waals surface area contributed by atoms with Gasteiger partial charge < -0.3 is 16.8 Å². The Hall–Kier alpha value is 0.460. The highest BCUT2D eigenvalue weighted by atomic mass is 35.5. The monoisotopic (exact) mass is 313 g/mol. The molecular weight excluding hydrogens is 281 g/mol. The van der Waals surface area contributed by atoms with Gasteiger partial charge in [-0.15, -0.1) is 23.2 Å². The van der Waals surface area contributed by atoms with Crippen LogP contribution in [0.4, 0.5) is 0 Å². The third kappa shape index (κ3) is 27.6. The lowest BCUT2D eigenvalue weighted by Gasteiger charge is -2.04. The predicted molar refractivity (Wildman–Crippen MR) is 89.4 cm³/mol. The van der Waals surface area contributed by atoms with Crippen LogP contribution < -0.4 is 16.8 Å². The first-order valence-corrected chi connectivity index (χ1v) is 8.63. The van der Waals surface area contributed by atoms with E-state index in [4.69, 9.17) is 34.7 Å². The maximum Gasteiger partial charge on any atom is 0.0359 e. The number of nitrogens with two attached hydrogens (primary N) is 2. The highest BCUT2D eigenvalue weighted by Gasteiger charge is 1.91. The number of nitrogens with one attached hydrogen (secondary N) is 1. The third-order valence-corrected chi connectivity index (χ3v) is 3.26. The van der Waals surface area contributed by atoms with E-state index in [1.165, 1.54) is 64.5 Å². The van der Waals surface area contributed by atoms with Gasteiger partial charge in [0.15, 0.2) is 0 Å². The second kappa shape index (κ2) is 23.5. The van der Waals surface area contributed by atoms with Gasteiger partial charge in [0, 0.05) is 11.8 Å². The summed E-state index contributed by atoms with van der Waals surface area (Å²) in [5.74, 6) is 1.11. The van der Waals surface area contributed by atoms with Gasteiger partial charge in [-0.25, -0.2) is 0 Å². The molecule has 0 aromatic carbocycles. The van der Waals surface area contributed by atoms with Gasteiger partial charge in [0.2, 0.25) is 0 Å². The third-order valence-electron chi connectivity index (χ3n) is 2.69. The van der Waals surface area contributed by atoms with Crippen molar-refractivity contribution in [2.75, 3.05) is 37.9 Å². The Morgan fingerprint density at radius 3 is 1.26 bits per heavy atom. The zero-order valence-electron chi connectivity index (χ0n) is 12.3. The van der Waals surface area contributed by atoms with E-state index in [-0.39, 0.29) is 0 Å². The molecule has 19 heavy (non-hydrogen) atoms. The molecule has 0 amide bonds. The minimum atomic E-state index is 0.557. The zero-order chi connectivity index (χ0) is 14.6. The quantitative estimate of drug-likeness (QED) is 0.361. The summed E-state index contributed by atoms with van der Waals surface area (Å²) in [6.45, 7) is 4.02. The maximum atomic E-state index is 5.42. The molecule has 0 saturated heterocycles. The van der Waals surface area contributed by atoms with Gasteiger partial charge in [0.05, 0.1) is 0 Å². The second-order valence-electron chi connectivity index (χ2n) is 4.53. The topological polar surface area (TPSA) is 64.1 Å². The van der Waals surface area contributed by atoms with Gasteiger partial charge in [-0.2, -0.15) is 0 Å². The van der Waals surface area contributed by atoms with Crippen molar-refractivity contribution < 1.29 is 0 Å². The van der Waals surface area contributed by atoms with Crippen LogP contribution in [0.2, 0.25) is 0 Å². The predicted octanol–water partition coefficient (Wildman–Crippen LogP) is 3.08. The van der Waals surface area contributed by atoms with Crippen molar-refractivity contribution in [3.05, 3.63) is 0 Å². The average Bonchev–Trinajstić information content (AvgIpc) is 2.45. The number of alkyl halides is 2. The van der Waals surface area contributed by atoms with Crippen LogP contribution in [0, 0.1) is 0 Å². The van der Waals surface area contributed by atoms with Crippen molar-refractivity contribution in [2.45, 2.75) is 51.4 Å². The van der Waals surface area contributed by atoms with Crippen molar-refractivity contribution in [2.24, 2.45) is 11.5 Å². The summed E-state index contributed by atoms with van der Waals surface area (Å²) in [7, 11) is 0. The molecule has 0 heterocycles. The molecule has 0 aliphatic rings. The van der Waals surface area contributed by atoms with Crippen LogP contribution in [-0.4, -0.2) is 37.9 Å². The van der Waals surface area contributed by atoms with E-state index in [0.717, 1.165) is 13.1 Å². The first-order chi connectivity index (χ1) is 9.33. The van der Waals surface area contributed by atoms with Gasteiger partial charge in [-0.1, -0.05) is 25.7 Å². The van der Waals surface area contributed by atoms with E-state index < -0.39 is 0 Å². The fourth-order valence-electron chi connectivity index (χ4n) is 1.62. The van der Waals surface area contributed by atoms with Crippen LogP contribution in [0.3, 0.4) is 0 Å². The molecule has 0 atom stereocenters. The fourth-order valence-corrected chi connectivity index (χ4v) is 1.62. The van der Waals surface area contributed by atoms with E-state index >= 15 is 0 Å². The van der Waals surface area contributed by atoms with E-state index in [0.29, 0.717) is 11.8 Å². The van der Waals surface area contributed by atoms with E-state index in [1.807, 2.05) is 0 Å². The first-order valence-electron chi connectivity index (χ1n) is 7.56. The molecule has 0 aromatic heterocycles. The molecule has 0 spiro atoms. The van der Waals surface area contributed by atoms with Crippen molar-refractivity contribution in [1.82, 2.24) is 5.32 Å². The molecule has 0 radical (unpaired) electrons. The SMILES string of the molecule is ClCCCl.NCCCCCCNCCCCCCN. The van der Waals surface area contributed by atoms with Gasteiger partial charge in [-0.3, -0.25) is 0 Å². The maximum absolute atomic E-state index is 5.42. The summed E-state index contributed by atoms with van der Waals surface area (Å²) in [4.78, 5) is 0. The van der Waals surface area contributed by atoms with Crippen LogP contribution in [0.1, 0.15) is 51.4 Å². The lowest BCUT2D eigenvalue weighted by atomic mass is 10.2. The standard InChI is InChI=1S/C12H29N3.C2H4Cl2/c13-9-5-1-3-7-11-15-12-8-4-2-6-10-14;3-1-2-4/h15H,1-14H2;1-2H2. The minimum absolute atomic E-state index is 0.557. The van der Waals surface area contributed by atoms with Crippen LogP contribution in [0.5, 0.6) is 0 Å². The Balaban J connectivity index is 0. The molecule has 5 N–H and O–H groups in total. The molecule has 0 aliphatic carbocycles. The summed E-state index contributed by atoms with van der Waals surface area (Å²) < 4.78 is 0. The molecule has 118 valence electrons. The Kier molecular flexibility index (Phi) is 27.0. The fraction of sp³-hybridized carbons (Fsp3) is 1.00. The molecule has 0 rings (SSSR count). The first kappa shape index (κ1) is 21.8. The highest BCUT2D eigenvalue weighted by molar-refractivity contribution is 6.25. The molecular formula is C14H33Cl2N3. The van der Waals surface area contributed by atoms with Crippen molar-refractivity contribution in [3.63, 3.8) is 0 Å². The van der Waals surface area contributed by atoms with Gasteiger partial charge in [0.25, 0.3) is 0 Å². The van der Waals surface area contributed by atoms with Crippen LogP contribution >= 0.6 is 23.2 Å². The molecule has 0 unspecified atom stereocenters. The van der Waals surface area contributed by atoms with Crippen molar-refractivity contribution in [3.8, 4) is 0 Å². The average molecular weight is 314 g/mol. The van der Waals surface area contributed by atoms with Gasteiger partial charge in [0.1, 0.15) is 0 Å². The summed E-state index contributed by atoms with van der Waals surface area (Å²) in [5, 5.41) is 3.48. The van der Waals surface area contributed by atoms with Crippen LogP contribution in [0.25, 0.3) is 0 Å². The van der Waals surface area contributed by atoms with Gasteiger partial charge >= 0.3 is 0 Å². The summed E-state index contributed by atoms with van der Waals surface area (Å²) in [6, 6.07) is 0. The summed E-state index contributed by atoms with van der Waals surface area (Å²) >= 11 is 10.1. The molecule has 0 fully saturated rings. The number of hydrogen-bond acceptors (Lipinski definition) is 3. The summed E-state index contributed by atoms with van der Waals surface area (Å²) in [6.07, 6.45) is 10.2. The number of halogens is 2. The smallest absolute Gasteiger partial charge is 0.0359 e.